The number of nitrogens with zero attached hydrogens (tertiary/aromatic N) is 3. The molecule has 0 saturated heterocycles. The van der Waals surface area contributed by atoms with Crippen molar-refractivity contribution in [3.05, 3.63) is 105 Å². The molecule has 1 N–H and O–H groups in total. The van der Waals surface area contributed by atoms with Crippen LogP contribution < -0.4 is 0 Å². The van der Waals surface area contributed by atoms with Crippen LogP contribution in [0, 0.1) is 0 Å². The number of rotatable bonds is 4. The standard InChI is InChI=1S/C28H21Cl2F3N4/c29-22-6-3-7-23(30)27(22)37-26(18-8-9-24-17(14-18)10-12-34-24)20-16-36(13-11-25(20)35-37)15-19-4-1-2-5-21(19)28(31,32)33/h1-10,12,14,34H,11,13,15-16H2. The number of hydrogen-bond donors (Lipinski definition) is 1. The van der Waals surface area contributed by atoms with Crippen molar-refractivity contribution in [3.8, 4) is 16.9 Å². The number of halogens is 5. The first-order valence-electron chi connectivity index (χ1n) is 11.8. The van der Waals surface area contributed by atoms with Crippen LogP contribution in [0.15, 0.2) is 72.9 Å². The zero-order valence-corrected chi connectivity index (χ0v) is 21.0. The number of aromatic amines is 1. The van der Waals surface area contributed by atoms with Crippen LogP contribution in [0.4, 0.5) is 13.2 Å². The normalized spacial score (nSPS) is 14.3. The number of para-hydroxylation sites is 1. The molecule has 0 saturated carbocycles. The van der Waals surface area contributed by atoms with Gasteiger partial charge in [-0.15, -0.1) is 0 Å². The van der Waals surface area contributed by atoms with Crippen molar-refractivity contribution in [2.24, 2.45) is 0 Å². The summed E-state index contributed by atoms with van der Waals surface area (Å²) in [7, 11) is 0. The molecule has 0 spiro atoms. The summed E-state index contributed by atoms with van der Waals surface area (Å²) in [5, 5.41) is 6.89. The highest BCUT2D eigenvalue weighted by Crippen LogP contribution is 2.39. The topological polar surface area (TPSA) is 36.9 Å². The van der Waals surface area contributed by atoms with Crippen molar-refractivity contribution in [3.63, 3.8) is 0 Å². The fraction of sp³-hybridized carbons (Fsp3) is 0.179. The molecule has 0 radical (unpaired) electrons. The van der Waals surface area contributed by atoms with Crippen LogP contribution >= 0.6 is 23.2 Å². The minimum atomic E-state index is -4.40. The van der Waals surface area contributed by atoms with E-state index in [4.69, 9.17) is 28.3 Å². The van der Waals surface area contributed by atoms with Gasteiger partial charge in [-0.3, -0.25) is 4.90 Å². The average Bonchev–Trinajstić information content (AvgIpc) is 3.47. The first-order chi connectivity index (χ1) is 17.8. The maximum atomic E-state index is 13.6. The van der Waals surface area contributed by atoms with E-state index in [0.717, 1.165) is 39.5 Å². The number of nitrogens with one attached hydrogen (secondary N) is 1. The van der Waals surface area contributed by atoms with Gasteiger partial charge in [0.15, 0.2) is 0 Å². The van der Waals surface area contributed by atoms with E-state index in [1.165, 1.54) is 6.07 Å². The molecule has 37 heavy (non-hydrogen) atoms. The van der Waals surface area contributed by atoms with E-state index in [1.807, 2.05) is 29.3 Å². The summed E-state index contributed by atoms with van der Waals surface area (Å²) < 4.78 is 42.7. The second kappa shape index (κ2) is 9.24. The zero-order chi connectivity index (χ0) is 25.7. The van der Waals surface area contributed by atoms with Crippen LogP contribution in [-0.4, -0.2) is 26.2 Å². The monoisotopic (exact) mass is 540 g/mol. The summed E-state index contributed by atoms with van der Waals surface area (Å²) in [5.41, 5.74) is 4.86. The Bertz CT molecular complexity index is 1600. The Kier molecular flexibility index (Phi) is 6.02. The predicted molar refractivity (Wildman–Crippen MR) is 140 cm³/mol. The number of alkyl halides is 3. The molecule has 3 aromatic carbocycles. The first-order valence-corrected chi connectivity index (χ1v) is 12.6. The molecule has 188 valence electrons. The molecular weight excluding hydrogens is 520 g/mol. The summed E-state index contributed by atoms with van der Waals surface area (Å²) in [6.07, 6.45) is -1.93. The van der Waals surface area contributed by atoms with E-state index in [-0.39, 0.29) is 12.1 Å². The van der Waals surface area contributed by atoms with Crippen molar-refractivity contribution in [1.29, 1.82) is 0 Å². The molecule has 5 aromatic rings. The average molecular weight is 541 g/mol. The third kappa shape index (κ3) is 4.41. The molecule has 0 amide bonds. The number of benzene rings is 3. The van der Waals surface area contributed by atoms with Gasteiger partial charge in [0.05, 0.1) is 27.0 Å². The number of H-pyrrole nitrogens is 1. The minimum Gasteiger partial charge on any atom is -0.361 e. The lowest BCUT2D eigenvalue weighted by Gasteiger charge is -2.28. The van der Waals surface area contributed by atoms with Gasteiger partial charge >= 0.3 is 6.18 Å². The van der Waals surface area contributed by atoms with Crippen LogP contribution in [0.25, 0.3) is 27.8 Å². The summed E-state index contributed by atoms with van der Waals surface area (Å²) >= 11 is 13.2. The lowest BCUT2D eigenvalue weighted by atomic mass is 9.98. The quantitative estimate of drug-likeness (QED) is 0.251. The van der Waals surface area contributed by atoms with Gasteiger partial charge in [-0.1, -0.05) is 53.5 Å². The lowest BCUT2D eigenvalue weighted by molar-refractivity contribution is -0.138. The summed E-state index contributed by atoms with van der Waals surface area (Å²) in [5.74, 6) is 0. The van der Waals surface area contributed by atoms with E-state index < -0.39 is 11.7 Å². The summed E-state index contributed by atoms with van der Waals surface area (Å²) in [6.45, 7) is 1.22. The van der Waals surface area contributed by atoms with Crippen molar-refractivity contribution in [1.82, 2.24) is 19.7 Å². The molecule has 1 aliphatic heterocycles. The van der Waals surface area contributed by atoms with Crippen LogP contribution in [0.5, 0.6) is 0 Å². The minimum absolute atomic E-state index is 0.184. The van der Waals surface area contributed by atoms with Gasteiger partial charge < -0.3 is 4.98 Å². The van der Waals surface area contributed by atoms with Crippen LogP contribution in [-0.2, 0) is 25.7 Å². The largest absolute Gasteiger partial charge is 0.416 e. The van der Waals surface area contributed by atoms with Crippen molar-refractivity contribution >= 4 is 34.1 Å². The van der Waals surface area contributed by atoms with Crippen molar-refractivity contribution in [2.75, 3.05) is 6.54 Å². The van der Waals surface area contributed by atoms with Gasteiger partial charge in [-0.2, -0.15) is 18.3 Å². The van der Waals surface area contributed by atoms with E-state index in [9.17, 15) is 13.2 Å². The van der Waals surface area contributed by atoms with Crippen LogP contribution in [0.2, 0.25) is 10.0 Å². The van der Waals surface area contributed by atoms with Gasteiger partial charge in [0.1, 0.15) is 5.69 Å². The molecule has 0 fully saturated rings. The smallest absolute Gasteiger partial charge is 0.361 e. The van der Waals surface area contributed by atoms with E-state index in [0.29, 0.717) is 35.2 Å². The van der Waals surface area contributed by atoms with Gasteiger partial charge in [0.25, 0.3) is 0 Å². The number of fused-ring (bicyclic) bond motifs is 2. The molecule has 0 atom stereocenters. The zero-order valence-electron chi connectivity index (χ0n) is 19.5. The Labute approximate surface area is 221 Å². The fourth-order valence-electron chi connectivity index (χ4n) is 5.09. The Balaban J connectivity index is 1.46. The van der Waals surface area contributed by atoms with Gasteiger partial charge in [-0.05, 0) is 42.0 Å². The summed E-state index contributed by atoms with van der Waals surface area (Å²) in [6, 6.07) is 19.2. The molecule has 1 aliphatic rings. The van der Waals surface area contributed by atoms with Crippen LogP contribution in [0.3, 0.4) is 0 Å². The highest BCUT2D eigenvalue weighted by atomic mass is 35.5. The number of hydrogen-bond acceptors (Lipinski definition) is 2. The molecule has 0 unspecified atom stereocenters. The fourth-order valence-corrected chi connectivity index (χ4v) is 5.65. The third-order valence-electron chi connectivity index (χ3n) is 6.81. The Morgan fingerprint density at radius 1 is 0.946 bits per heavy atom. The van der Waals surface area contributed by atoms with E-state index in [2.05, 4.69) is 11.1 Å². The molecule has 0 aliphatic carbocycles. The second-order valence-electron chi connectivity index (χ2n) is 9.15. The molecule has 9 heteroatoms. The molecule has 2 aromatic heterocycles. The maximum absolute atomic E-state index is 13.6. The molecule has 6 rings (SSSR count). The van der Waals surface area contributed by atoms with Gasteiger partial charge in [-0.25, -0.2) is 4.68 Å². The Hall–Kier alpha value is -3.26. The number of aromatic nitrogens is 3. The van der Waals surface area contributed by atoms with Crippen molar-refractivity contribution < 1.29 is 13.2 Å². The van der Waals surface area contributed by atoms with Gasteiger partial charge in [0.2, 0.25) is 0 Å². The highest BCUT2D eigenvalue weighted by molar-refractivity contribution is 6.37. The first kappa shape index (κ1) is 24.1. The predicted octanol–water partition coefficient (Wildman–Crippen LogP) is 7.90. The molecule has 0 bridgehead atoms. The SMILES string of the molecule is FC(F)(F)c1ccccc1CN1CCc2nn(-c3c(Cl)cccc3Cl)c(-c3ccc4[nH]ccc4c3)c2C1. The maximum Gasteiger partial charge on any atom is 0.416 e. The van der Waals surface area contributed by atoms with Gasteiger partial charge in [0, 0.05) is 54.3 Å². The summed E-state index contributed by atoms with van der Waals surface area (Å²) in [4.78, 5) is 5.24. The molecule has 3 heterocycles. The molecular formula is C28H21Cl2F3N4. The Morgan fingerprint density at radius 2 is 1.73 bits per heavy atom. The third-order valence-corrected chi connectivity index (χ3v) is 7.42. The van der Waals surface area contributed by atoms with E-state index in [1.54, 1.807) is 35.0 Å². The van der Waals surface area contributed by atoms with Crippen LogP contribution in [0.1, 0.15) is 22.4 Å². The Morgan fingerprint density at radius 3 is 2.51 bits per heavy atom. The lowest BCUT2D eigenvalue weighted by Crippen LogP contribution is -2.30. The molecule has 4 nitrogen and oxygen atoms in total. The second-order valence-corrected chi connectivity index (χ2v) is 9.97. The highest BCUT2D eigenvalue weighted by Gasteiger charge is 2.34. The van der Waals surface area contributed by atoms with E-state index >= 15 is 0 Å². The van der Waals surface area contributed by atoms with Crippen molar-refractivity contribution in [2.45, 2.75) is 25.7 Å².